The van der Waals surface area contributed by atoms with Crippen molar-refractivity contribution in [2.24, 2.45) is 0 Å². The number of rotatable bonds is 5. The third-order valence-electron chi connectivity index (χ3n) is 3.46. The summed E-state index contributed by atoms with van der Waals surface area (Å²) in [7, 11) is 0. The highest BCUT2D eigenvalue weighted by Crippen LogP contribution is 2.12. The van der Waals surface area contributed by atoms with Gasteiger partial charge in [0.2, 0.25) is 0 Å². The van der Waals surface area contributed by atoms with E-state index in [2.05, 4.69) is 0 Å². The van der Waals surface area contributed by atoms with Gasteiger partial charge in [0.15, 0.2) is 5.58 Å². The molecule has 1 heterocycles. The van der Waals surface area contributed by atoms with E-state index in [0.717, 1.165) is 0 Å². The van der Waals surface area contributed by atoms with Gasteiger partial charge in [-0.2, -0.15) is 0 Å². The molecule has 118 valence electrons. The quantitative estimate of drug-likeness (QED) is 0.679. The van der Waals surface area contributed by atoms with Crippen molar-refractivity contribution < 1.29 is 18.3 Å². The largest absolute Gasteiger partial charge is 0.461 e. The molecule has 5 nitrogen and oxygen atoms in total. The Morgan fingerprint density at radius 3 is 2.70 bits per heavy atom. The molecule has 0 aliphatic carbocycles. The highest BCUT2D eigenvalue weighted by Gasteiger charge is 2.11. The van der Waals surface area contributed by atoms with E-state index in [1.165, 1.54) is 10.6 Å². The van der Waals surface area contributed by atoms with Crippen LogP contribution in [0.4, 0.5) is 4.39 Å². The SMILES string of the molecule is O=C(CCn1c(=O)oc2ccccc21)OCc1ccccc1F. The van der Waals surface area contributed by atoms with Crippen molar-refractivity contribution in [1.82, 2.24) is 4.57 Å². The van der Waals surface area contributed by atoms with Gasteiger partial charge in [0, 0.05) is 12.1 Å². The van der Waals surface area contributed by atoms with Crippen LogP contribution >= 0.6 is 0 Å². The van der Waals surface area contributed by atoms with E-state index in [4.69, 9.17) is 9.15 Å². The minimum atomic E-state index is -0.520. The molecule has 3 rings (SSSR count). The number of carbonyl (C=O) groups is 1. The van der Waals surface area contributed by atoms with Crippen LogP contribution in [0.25, 0.3) is 11.1 Å². The second-order valence-electron chi connectivity index (χ2n) is 4.99. The Morgan fingerprint density at radius 2 is 1.87 bits per heavy atom. The van der Waals surface area contributed by atoms with E-state index < -0.39 is 17.5 Å². The first-order valence-corrected chi connectivity index (χ1v) is 7.12. The highest BCUT2D eigenvalue weighted by atomic mass is 19.1. The van der Waals surface area contributed by atoms with Gasteiger partial charge in [-0.05, 0) is 18.2 Å². The normalized spacial score (nSPS) is 10.8. The Kier molecular flexibility index (Phi) is 4.23. The van der Waals surface area contributed by atoms with Gasteiger partial charge in [-0.3, -0.25) is 9.36 Å². The van der Waals surface area contributed by atoms with Crippen molar-refractivity contribution in [3.05, 3.63) is 70.5 Å². The van der Waals surface area contributed by atoms with Crippen LogP contribution in [-0.4, -0.2) is 10.5 Å². The number of ether oxygens (including phenoxy) is 1. The topological polar surface area (TPSA) is 61.4 Å². The monoisotopic (exact) mass is 315 g/mol. The Balaban J connectivity index is 1.61. The third-order valence-corrected chi connectivity index (χ3v) is 3.46. The maximum absolute atomic E-state index is 13.4. The number of aryl methyl sites for hydroxylation is 1. The summed E-state index contributed by atoms with van der Waals surface area (Å²) in [6.45, 7) is 0.0124. The summed E-state index contributed by atoms with van der Waals surface area (Å²) >= 11 is 0. The minimum absolute atomic E-state index is 0.00210. The average molecular weight is 315 g/mol. The fourth-order valence-electron chi connectivity index (χ4n) is 2.27. The summed E-state index contributed by atoms with van der Waals surface area (Å²) in [6, 6.07) is 13.1. The fraction of sp³-hybridized carbons (Fsp3) is 0.176. The Morgan fingerprint density at radius 1 is 1.13 bits per heavy atom. The lowest BCUT2D eigenvalue weighted by atomic mass is 10.2. The number of halogens is 1. The minimum Gasteiger partial charge on any atom is -0.461 e. The van der Waals surface area contributed by atoms with Crippen molar-refractivity contribution >= 4 is 17.1 Å². The van der Waals surface area contributed by atoms with Crippen LogP contribution in [0.1, 0.15) is 12.0 Å². The maximum atomic E-state index is 13.4. The Bertz CT molecular complexity index is 897. The summed E-state index contributed by atoms with van der Waals surface area (Å²) in [5, 5.41) is 0. The predicted molar refractivity (Wildman–Crippen MR) is 81.3 cm³/mol. The van der Waals surface area contributed by atoms with E-state index in [-0.39, 0.29) is 19.6 Å². The summed E-state index contributed by atoms with van der Waals surface area (Å²) in [5.41, 5.74) is 1.41. The first-order chi connectivity index (χ1) is 11.1. The zero-order valence-corrected chi connectivity index (χ0v) is 12.2. The van der Waals surface area contributed by atoms with Crippen molar-refractivity contribution in [2.75, 3.05) is 0 Å². The van der Waals surface area contributed by atoms with Crippen molar-refractivity contribution in [3.8, 4) is 0 Å². The van der Waals surface area contributed by atoms with Crippen LogP contribution < -0.4 is 5.76 Å². The number of fused-ring (bicyclic) bond motifs is 1. The van der Waals surface area contributed by atoms with Crippen molar-refractivity contribution in [2.45, 2.75) is 19.6 Å². The molecule has 2 aromatic carbocycles. The number of aromatic nitrogens is 1. The molecule has 23 heavy (non-hydrogen) atoms. The van der Waals surface area contributed by atoms with Crippen molar-refractivity contribution in [3.63, 3.8) is 0 Å². The lowest BCUT2D eigenvalue weighted by molar-refractivity contribution is -0.145. The van der Waals surface area contributed by atoms with Gasteiger partial charge >= 0.3 is 11.7 Å². The number of oxazole rings is 1. The molecule has 0 saturated heterocycles. The second-order valence-corrected chi connectivity index (χ2v) is 4.99. The Labute approximate surface area is 130 Å². The summed E-state index contributed by atoms with van der Waals surface area (Å²) in [5.74, 6) is -1.45. The molecular formula is C17H14FNO4. The van der Waals surface area contributed by atoms with E-state index >= 15 is 0 Å². The molecule has 0 bridgehead atoms. The molecule has 0 fully saturated rings. The van der Waals surface area contributed by atoms with E-state index in [1.807, 2.05) is 0 Å². The Hall–Kier alpha value is -2.89. The lowest BCUT2D eigenvalue weighted by Crippen LogP contribution is -2.17. The van der Waals surface area contributed by atoms with Gasteiger partial charge in [0.1, 0.15) is 12.4 Å². The number of carbonyl (C=O) groups excluding carboxylic acids is 1. The number of esters is 1. The number of para-hydroxylation sites is 2. The van der Waals surface area contributed by atoms with Crippen LogP contribution in [0.2, 0.25) is 0 Å². The molecule has 0 aliphatic heterocycles. The zero-order valence-electron chi connectivity index (χ0n) is 12.2. The first kappa shape index (κ1) is 15.0. The molecule has 0 aliphatic rings. The van der Waals surface area contributed by atoms with Crippen molar-refractivity contribution in [1.29, 1.82) is 0 Å². The number of nitrogens with zero attached hydrogens (tertiary/aromatic N) is 1. The molecule has 0 saturated carbocycles. The molecule has 3 aromatic rings. The average Bonchev–Trinajstić information content (AvgIpc) is 2.87. The second kappa shape index (κ2) is 6.48. The van der Waals surface area contributed by atoms with E-state index in [1.54, 1.807) is 42.5 Å². The van der Waals surface area contributed by atoms with E-state index in [9.17, 15) is 14.0 Å². The molecule has 0 amide bonds. The summed E-state index contributed by atoms with van der Waals surface area (Å²) < 4.78 is 24.9. The van der Waals surface area contributed by atoms with Gasteiger partial charge in [-0.15, -0.1) is 0 Å². The number of hydrogen-bond acceptors (Lipinski definition) is 4. The molecule has 0 unspecified atom stereocenters. The molecule has 6 heteroatoms. The summed E-state index contributed by atoms with van der Waals surface area (Å²) in [6.07, 6.45) is -0.00210. The zero-order chi connectivity index (χ0) is 16.2. The standard InChI is InChI=1S/C17H14FNO4/c18-13-6-2-1-5-12(13)11-22-16(20)9-10-19-14-7-3-4-8-15(14)23-17(19)21/h1-8H,9-11H2. The smallest absolute Gasteiger partial charge is 0.419 e. The van der Waals surface area contributed by atoms with Gasteiger partial charge in [-0.1, -0.05) is 30.3 Å². The molecule has 0 atom stereocenters. The molecule has 0 radical (unpaired) electrons. The predicted octanol–water partition coefficient (Wildman–Crippen LogP) is 2.87. The van der Waals surface area contributed by atoms with Crippen LogP contribution in [-0.2, 0) is 22.7 Å². The van der Waals surface area contributed by atoms with E-state index in [0.29, 0.717) is 16.7 Å². The van der Waals surface area contributed by atoms with Crippen LogP contribution in [0, 0.1) is 5.82 Å². The van der Waals surface area contributed by atoms with Gasteiger partial charge < -0.3 is 9.15 Å². The number of benzene rings is 2. The van der Waals surface area contributed by atoms with Crippen LogP contribution in [0.15, 0.2) is 57.7 Å². The van der Waals surface area contributed by atoms with Gasteiger partial charge in [0.25, 0.3) is 0 Å². The lowest BCUT2D eigenvalue weighted by Gasteiger charge is -2.06. The highest BCUT2D eigenvalue weighted by molar-refractivity contribution is 5.73. The number of hydrogen-bond donors (Lipinski definition) is 0. The third kappa shape index (κ3) is 3.31. The molecular weight excluding hydrogens is 301 g/mol. The first-order valence-electron chi connectivity index (χ1n) is 7.12. The molecule has 0 N–H and O–H groups in total. The molecule has 0 spiro atoms. The van der Waals surface area contributed by atoms with Gasteiger partial charge in [0.05, 0.1) is 11.9 Å². The van der Waals surface area contributed by atoms with Crippen LogP contribution in [0.3, 0.4) is 0 Å². The van der Waals surface area contributed by atoms with Gasteiger partial charge in [-0.25, -0.2) is 9.18 Å². The fourth-order valence-corrected chi connectivity index (χ4v) is 2.27. The molecule has 1 aromatic heterocycles. The summed E-state index contributed by atoms with van der Waals surface area (Å²) in [4.78, 5) is 23.5. The maximum Gasteiger partial charge on any atom is 0.419 e. The van der Waals surface area contributed by atoms with Crippen LogP contribution in [0.5, 0.6) is 0 Å².